The largest absolute Gasteiger partial charge is 0.370 e. The van der Waals surface area contributed by atoms with Crippen LogP contribution in [0.25, 0.3) is 0 Å². The molecule has 2 unspecified atom stereocenters. The SMILES string of the molecule is CCN(CC)C(N)=NCC1CCCN(C)C1c1cccs1.I. The third-order valence-electron chi connectivity index (χ3n) is 4.42. The second kappa shape index (κ2) is 9.72. The molecule has 0 bridgehead atoms. The highest BCUT2D eigenvalue weighted by Gasteiger charge is 2.31. The quantitative estimate of drug-likeness (QED) is 0.437. The molecule has 0 radical (unpaired) electrons. The topological polar surface area (TPSA) is 44.9 Å². The average Bonchev–Trinajstić information content (AvgIpc) is 3.00. The molecular formula is C16H29IN4S. The van der Waals surface area contributed by atoms with E-state index >= 15 is 0 Å². The smallest absolute Gasteiger partial charge is 0.191 e. The van der Waals surface area contributed by atoms with Gasteiger partial charge in [-0.2, -0.15) is 0 Å². The maximum absolute atomic E-state index is 6.12. The molecular weight excluding hydrogens is 407 g/mol. The molecule has 2 atom stereocenters. The van der Waals surface area contributed by atoms with Crippen molar-refractivity contribution in [1.29, 1.82) is 0 Å². The van der Waals surface area contributed by atoms with Crippen LogP contribution in [0.4, 0.5) is 0 Å². The lowest BCUT2D eigenvalue weighted by Crippen LogP contribution is -2.39. The highest BCUT2D eigenvalue weighted by atomic mass is 127. The van der Waals surface area contributed by atoms with Crippen LogP contribution in [0.5, 0.6) is 0 Å². The van der Waals surface area contributed by atoms with Crippen molar-refractivity contribution < 1.29 is 0 Å². The number of hydrogen-bond acceptors (Lipinski definition) is 3. The summed E-state index contributed by atoms with van der Waals surface area (Å²) in [5.41, 5.74) is 6.12. The summed E-state index contributed by atoms with van der Waals surface area (Å²) in [4.78, 5) is 10.7. The molecule has 126 valence electrons. The van der Waals surface area contributed by atoms with Gasteiger partial charge in [-0.05, 0) is 57.6 Å². The van der Waals surface area contributed by atoms with Crippen molar-refractivity contribution in [3.8, 4) is 0 Å². The van der Waals surface area contributed by atoms with Crippen molar-refractivity contribution in [2.24, 2.45) is 16.6 Å². The van der Waals surface area contributed by atoms with Crippen molar-refractivity contribution in [2.75, 3.05) is 33.2 Å². The van der Waals surface area contributed by atoms with Gasteiger partial charge in [-0.3, -0.25) is 9.89 Å². The van der Waals surface area contributed by atoms with Gasteiger partial charge in [0.15, 0.2) is 5.96 Å². The number of aliphatic imine (C=N–C) groups is 1. The average molecular weight is 436 g/mol. The molecule has 1 aromatic rings. The van der Waals surface area contributed by atoms with Crippen LogP contribution in [0.3, 0.4) is 0 Å². The van der Waals surface area contributed by atoms with Crippen LogP contribution in [0.15, 0.2) is 22.5 Å². The molecule has 2 rings (SSSR count). The monoisotopic (exact) mass is 436 g/mol. The molecule has 22 heavy (non-hydrogen) atoms. The molecule has 1 aliphatic heterocycles. The van der Waals surface area contributed by atoms with Crippen LogP contribution >= 0.6 is 35.3 Å². The van der Waals surface area contributed by atoms with Crippen molar-refractivity contribution in [2.45, 2.75) is 32.7 Å². The van der Waals surface area contributed by atoms with E-state index in [-0.39, 0.29) is 24.0 Å². The maximum atomic E-state index is 6.12. The summed E-state index contributed by atoms with van der Waals surface area (Å²) in [5, 5.41) is 2.17. The van der Waals surface area contributed by atoms with E-state index in [0.717, 1.165) is 19.6 Å². The second-order valence-electron chi connectivity index (χ2n) is 5.71. The number of piperidine rings is 1. The summed E-state index contributed by atoms with van der Waals surface area (Å²) in [6, 6.07) is 4.89. The van der Waals surface area contributed by atoms with Gasteiger partial charge in [-0.1, -0.05) is 6.07 Å². The summed E-state index contributed by atoms with van der Waals surface area (Å²) in [6.45, 7) is 8.09. The number of likely N-dealkylation sites (tertiary alicyclic amines) is 1. The third kappa shape index (κ3) is 4.83. The molecule has 2 N–H and O–H groups in total. The molecule has 0 aromatic carbocycles. The van der Waals surface area contributed by atoms with Gasteiger partial charge in [0.1, 0.15) is 0 Å². The summed E-state index contributed by atoms with van der Waals surface area (Å²) in [6.07, 6.45) is 2.49. The Morgan fingerprint density at radius 3 is 2.77 bits per heavy atom. The lowest BCUT2D eigenvalue weighted by Gasteiger charge is -2.38. The summed E-state index contributed by atoms with van der Waals surface area (Å²) in [7, 11) is 2.23. The molecule has 0 saturated carbocycles. The van der Waals surface area contributed by atoms with Crippen LogP contribution in [0.2, 0.25) is 0 Å². The molecule has 0 aliphatic carbocycles. The van der Waals surface area contributed by atoms with Gasteiger partial charge in [0.2, 0.25) is 0 Å². The van der Waals surface area contributed by atoms with E-state index < -0.39 is 0 Å². The van der Waals surface area contributed by atoms with Crippen LogP contribution in [0.1, 0.15) is 37.6 Å². The van der Waals surface area contributed by atoms with E-state index in [0.29, 0.717) is 17.9 Å². The first-order valence-electron chi connectivity index (χ1n) is 7.95. The summed E-state index contributed by atoms with van der Waals surface area (Å²) >= 11 is 1.85. The van der Waals surface area contributed by atoms with Crippen molar-refractivity contribution in [1.82, 2.24) is 9.80 Å². The fraction of sp³-hybridized carbons (Fsp3) is 0.688. The molecule has 0 amide bonds. The Kier molecular flexibility index (Phi) is 8.71. The minimum Gasteiger partial charge on any atom is -0.370 e. The number of rotatable bonds is 5. The highest BCUT2D eigenvalue weighted by Crippen LogP contribution is 2.37. The summed E-state index contributed by atoms with van der Waals surface area (Å²) < 4.78 is 0. The Labute approximate surface area is 155 Å². The molecule has 2 heterocycles. The van der Waals surface area contributed by atoms with Gasteiger partial charge >= 0.3 is 0 Å². The normalized spacial score (nSPS) is 23.1. The van der Waals surface area contributed by atoms with E-state index in [4.69, 9.17) is 5.73 Å². The molecule has 1 saturated heterocycles. The lowest BCUT2D eigenvalue weighted by atomic mass is 9.88. The van der Waals surface area contributed by atoms with E-state index in [1.165, 1.54) is 24.3 Å². The lowest BCUT2D eigenvalue weighted by molar-refractivity contribution is 0.128. The summed E-state index contributed by atoms with van der Waals surface area (Å²) in [5.74, 6) is 1.26. The second-order valence-corrected chi connectivity index (χ2v) is 6.69. The third-order valence-corrected chi connectivity index (χ3v) is 5.36. The Hall–Kier alpha value is -0.340. The van der Waals surface area contributed by atoms with Crippen LogP contribution in [-0.4, -0.2) is 49.0 Å². The van der Waals surface area contributed by atoms with Crippen LogP contribution in [-0.2, 0) is 0 Å². The molecule has 1 aromatic heterocycles. The van der Waals surface area contributed by atoms with E-state index in [1.54, 1.807) is 0 Å². The van der Waals surface area contributed by atoms with Gasteiger partial charge in [-0.25, -0.2) is 0 Å². The number of thiophene rings is 1. The zero-order chi connectivity index (χ0) is 15.2. The predicted octanol–water partition coefficient (Wildman–Crippen LogP) is 3.41. The number of hydrogen-bond donors (Lipinski definition) is 1. The van der Waals surface area contributed by atoms with Gasteiger partial charge < -0.3 is 10.6 Å². The van der Waals surface area contributed by atoms with E-state index in [9.17, 15) is 0 Å². The molecule has 6 heteroatoms. The van der Waals surface area contributed by atoms with E-state index in [1.807, 2.05) is 11.3 Å². The Bertz CT molecular complexity index is 445. The number of guanidine groups is 1. The van der Waals surface area contributed by atoms with Crippen molar-refractivity contribution in [3.05, 3.63) is 22.4 Å². The molecule has 4 nitrogen and oxygen atoms in total. The number of nitrogens with zero attached hydrogens (tertiary/aromatic N) is 3. The Morgan fingerprint density at radius 2 is 2.18 bits per heavy atom. The first kappa shape index (κ1) is 19.7. The van der Waals surface area contributed by atoms with Gasteiger partial charge in [0, 0.05) is 30.6 Å². The number of halogens is 1. The Morgan fingerprint density at radius 1 is 1.45 bits per heavy atom. The van der Waals surface area contributed by atoms with Crippen LogP contribution < -0.4 is 5.73 Å². The Balaban J connectivity index is 0.00000242. The zero-order valence-corrected chi connectivity index (χ0v) is 17.0. The first-order valence-corrected chi connectivity index (χ1v) is 8.83. The van der Waals surface area contributed by atoms with Gasteiger partial charge in [0.05, 0.1) is 0 Å². The predicted molar refractivity (Wildman–Crippen MR) is 107 cm³/mol. The van der Waals surface area contributed by atoms with E-state index in [2.05, 4.69) is 53.2 Å². The minimum absolute atomic E-state index is 0. The maximum Gasteiger partial charge on any atom is 0.191 e. The molecule has 1 aliphatic rings. The van der Waals surface area contributed by atoms with Crippen LogP contribution in [0, 0.1) is 5.92 Å². The fourth-order valence-electron chi connectivity index (χ4n) is 3.22. The number of nitrogens with two attached hydrogens (primary N) is 1. The van der Waals surface area contributed by atoms with Gasteiger partial charge in [-0.15, -0.1) is 35.3 Å². The molecule has 1 fully saturated rings. The van der Waals surface area contributed by atoms with Crippen molar-refractivity contribution in [3.63, 3.8) is 0 Å². The fourth-order valence-corrected chi connectivity index (χ4v) is 4.20. The van der Waals surface area contributed by atoms with Gasteiger partial charge in [0.25, 0.3) is 0 Å². The first-order chi connectivity index (χ1) is 10.2. The minimum atomic E-state index is 0. The standard InChI is InChI=1S/C16H28N4S.HI/c1-4-20(5-2)16(17)18-12-13-8-6-10-19(3)15(13)14-9-7-11-21-14;/h7,9,11,13,15H,4-6,8,10,12H2,1-3H3,(H2,17,18);1H. The zero-order valence-electron chi connectivity index (χ0n) is 13.9. The van der Waals surface area contributed by atoms with Crippen molar-refractivity contribution >= 4 is 41.3 Å². The highest BCUT2D eigenvalue weighted by molar-refractivity contribution is 14.0. The molecule has 0 spiro atoms.